The summed E-state index contributed by atoms with van der Waals surface area (Å²) < 4.78 is 11.1. The van der Waals surface area contributed by atoms with E-state index < -0.39 is 0 Å². The molecule has 34 heavy (non-hydrogen) atoms. The summed E-state index contributed by atoms with van der Waals surface area (Å²) in [5, 5.41) is 15.1. The predicted octanol–water partition coefficient (Wildman–Crippen LogP) is 5.90. The van der Waals surface area contributed by atoms with Crippen LogP contribution < -0.4 is 14.8 Å². The zero-order valence-corrected chi connectivity index (χ0v) is 19.2. The molecular formula is C27H21N3O3S. The van der Waals surface area contributed by atoms with Crippen LogP contribution in [0.5, 0.6) is 11.5 Å². The predicted molar refractivity (Wildman–Crippen MR) is 135 cm³/mol. The first kappa shape index (κ1) is 22.8. The Hall–Kier alpha value is -4.41. The molecule has 0 aliphatic heterocycles. The fourth-order valence-corrected chi connectivity index (χ4v) is 4.00. The monoisotopic (exact) mass is 467 g/mol. The van der Waals surface area contributed by atoms with Crippen LogP contribution in [0.4, 0.5) is 5.69 Å². The zero-order chi connectivity index (χ0) is 23.8. The van der Waals surface area contributed by atoms with Crippen molar-refractivity contribution in [3.05, 3.63) is 94.8 Å². The number of aromatic nitrogens is 1. The topological polar surface area (TPSA) is 84.2 Å². The number of nitrogens with one attached hydrogen (secondary N) is 1. The number of benzene rings is 3. The minimum atomic E-state index is -0.276. The van der Waals surface area contributed by atoms with Crippen LogP contribution in [0.2, 0.25) is 0 Å². The van der Waals surface area contributed by atoms with Crippen LogP contribution in [-0.4, -0.2) is 24.6 Å². The molecule has 0 saturated heterocycles. The second-order valence-corrected chi connectivity index (χ2v) is 8.05. The largest absolute Gasteiger partial charge is 0.493 e. The van der Waals surface area contributed by atoms with Gasteiger partial charge in [-0.05, 0) is 35.9 Å². The first-order chi connectivity index (χ1) is 16.7. The molecule has 4 aromatic rings. The van der Waals surface area contributed by atoms with E-state index in [0.717, 1.165) is 16.8 Å². The molecule has 0 spiro atoms. The van der Waals surface area contributed by atoms with E-state index in [0.29, 0.717) is 27.8 Å². The number of allylic oxidation sites excluding steroid dienone is 1. The van der Waals surface area contributed by atoms with E-state index in [1.165, 1.54) is 18.4 Å². The Labute approximate surface area is 201 Å². The second kappa shape index (κ2) is 10.9. The Balaban J connectivity index is 1.47. The van der Waals surface area contributed by atoms with Gasteiger partial charge in [0.05, 0.1) is 18.4 Å². The summed E-state index contributed by atoms with van der Waals surface area (Å²) in [5.41, 5.74) is 3.74. The van der Waals surface area contributed by atoms with Gasteiger partial charge in [0, 0.05) is 16.6 Å². The van der Waals surface area contributed by atoms with Crippen LogP contribution in [0.3, 0.4) is 0 Å². The van der Waals surface area contributed by atoms with Gasteiger partial charge in [0.15, 0.2) is 18.1 Å². The maximum absolute atomic E-state index is 12.2. The minimum absolute atomic E-state index is 0.161. The van der Waals surface area contributed by atoms with Crippen molar-refractivity contribution in [1.29, 1.82) is 5.26 Å². The number of thiazole rings is 1. The van der Waals surface area contributed by atoms with Gasteiger partial charge in [-0.15, -0.1) is 11.3 Å². The molecule has 0 aliphatic carbocycles. The SMILES string of the molecule is COc1cc(C=C(C#N)c2nc(-c3ccccc3)cs2)ccc1OCC(=O)Nc1ccccc1. The standard InChI is InChI=1S/C27H21N3O3S/c1-32-25-15-19(12-13-24(25)33-17-26(31)29-22-10-6-3-7-11-22)14-21(16-28)27-30-23(18-34-27)20-8-4-2-5-9-20/h2-15,18H,17H2,1H3,(H,29,31). The number of rotatable bonds is 8. The molecule has 0 saturated carbocycles. The van der Waals surface area contributed by atoms with Gasteiger partial charge in [-0.3, -0.25) is 4.79 Å². The lowest BCUT2D eigenvalue weighted by Gasteiger charge is -2.11. The summed E-state index contributed by atoms with van der Waals surface area (Å²) in [5.74, 6) is 0.617. The molecule has 168 valence electrons. The Morgan fingerprint density at radius 2 is 1.79 bits per heavy atom. The molecule has 1 aromatic heterocycles. The van der Waals surface area contributed by atoms with Gasteiger partial charge in [0.2, 0.25) is 0 Å². The maximum atomic E-state index is 12.2. The van der Waals surface area contributed by atoms with Crippen LogP contribution in [-0.2, 0) is 4.79 Å². The summed E-state index contributed by atoms with van der Waals surface area (Å²) >= 11 is 1.42. The molecule has 0 atom stereocenters. The average Bonchev–Trinajstić information content (AvgIpc) is 3.37. The molecule has 1 amide bonds. The summed E-state index contributed by atoms with van der Waals surface area (Å²) in [4.78, 5) is 16.8. The first-order valence-electron chi connectivity index (χ1n) is 10.4. The van der Waals surface area contributed by atoms with Crippen LogP contribution in [0.25, 0.3) is 22.9 Å². The number of hydrogen-bond acceptors (Lipinski definition) is 6. The van der Waals surface area contributed by atoms with E-state index in [-0.39, 0.29) is 12.5 Å². The number of carbonyl (C=O) groups is 1. The normalized spacial score (nSPS) is 10.9. The quantitative estimate of drug-likeness (QED) is 0.326. The highest BCUT2D eigenvalue weighted by molar-refractivity contribution is 7.11. The number of methoxy groups -OCH3 is 1. The van der Waals surface area contributed by atoms with E-state index in [4.69, 9.17) is 9.47 Å². The molecule has 0 aliphatic rings. The molecule has 1 N–H and O–H groups in total. The van der Waals surface area contributed by atoms with Gasteiger partial charge < -0.3 is 14.8 Å². The van der Waals surface area contributed by atoms with Gasteiger partial charge >= 0.3 is 0 Å². The highest BCUT2D eigenvalue weighted by atomic mass is 32.1. The number of para-hydroxylation sites is 1. The lowest BCUT2D eigenvalue weighted by molar-refractivity contribution is -0.118. The molecule has 6 nitrogen and oxygen atoms in total. The third-order valence-corrected chi connectivity index (χ3v) is 5.72. The van der Waals surface area contributed by atoms with E-state index in [9.17, 15) is 10.1 Å². The Morgan fingerprint density at radius 3 is 2.50 bits per heavy atom. The summed E-state index contributed by atoms with van der Waals surface area (Å²) in [6.45, 7) is -0.161. The van der Waals surface area contributed by atoms with Crippen LogP contribution in [0, 0.1) is 11.3 Å². The van der Waals surface area contributed by atoms with Crippen molar-refractivity contribution in [2.24, 2.45) is 0 Å². The third-order valence-electron chi connectivity index (χ3n) is 4.84. The fraction of sp³-hybridized carbons (Fsp3) is 0.0741. The van der Waals surface area contributed by atoms with Gasteiger partial charge in [-0.25, -0.2) is 4.98 Å². The molecule has 4 rings (SSSR count). The van der Waals surface area contributed by atoms with Crippen molar-refractivity contribution in [2.45, 2.75) is 0 Å². The third kappa shape index (κ3) is 5.68. The van der Waals surface area contributed by atoms with Crippen LogP contribution >= 0.6 is 11.3 Å². The molecular weight excluding hydrogens is 446 g/mol. The van der Waals surface area contributed by atoms with Crippen molar-refractivity contribution < 1.29 is 14.3 Å². The lowest BCUT2D eigenvalue weighted by Crippen LogP contribution is -2.20. The van der Waals surface area contributed by atoms with Crippen molar-refractivity contribution >= 4 is 34.6 Å². The number of anilines is 1. The van der Waals surface area contributed by atoms with Gasteiger partial charge in [0.25, 0.3) is 5.91 Å². The molecule has 7 heteroatoms. The number of hydrogen-bond donors (Lipinski definition) is 1. The minimum Gasteiger partial charge on any atom is -0.493 e. The van der Waals surface area contributed by atoms with Crippen molar-refractivity contribution in [3.8, 4) is 28.8 Å². The highest BCUT2D eigenvalue weighted by Crippen LogP contribution is 2.31. The van der Waals surface area contributed by atoms with E-state index in [2.05, 4.69) is 16.4 Å². The molecule has 3 aromatic carbocycles. The fourth-order valence-electron chi connectivity index (χ4n) is 3.20. The molecule has 0 fully saturated rings. The number of nitrogens with zero attached hydrogens (tertiary/aromatic N) is 2. The molecule has 0 bridgehead atoms. The van der Waals surface area contributed by atoms with Gasteiger partial charge in [-0.2, -0.15) is 5.26 Å². The van der Waals surface area contributed by atoms with Crippen molar-refractivity contribution in [3.63, 3.8) is 0 Å². The van der Waals surface area contributed by atoms with Gasteiger partial charge in [-0.1, -0.05) is 54.6 Å². The van der Waals surface area contributed by atoms with Crippen molar-refractivity contribution in [2.75, 3.05) is 19.0 Å². The smallest absolute Gasteiger partial charge is 0.262 e. The summed E-state index contributed by atoms with van der Waals surface area (Å²) in [6.07, 6.45) is 1.75. The number of nitriles is 1. The van der Waals surface area contributed by atoms with Crippen LogP contribution in [0.1, 0.15) is 10.6 Å². The highest BCUT2D eigenvalue weighted by Gasteiger charge is 2.12. The molecule has 0 radical (unpaired) electrons. The number of amides is 1. The second-order valence-electron chi connectivity index (χ2n) is 7.19. The maximum Gasteiger partial charge on any atom is 0.262 e. The van der Waals surface area contributed by atoms with E-state index in [1.807, 2.05) is 53.9 Å². The zero-order valence-electron chi connectivity index (χ0n) is 18.4. The lowest BCUT2D eigenvalue weighted by atomic mass is 10.1. The Kier molecular flexibility index (Phi) is 7.33. The Bertz CT molecular complexity index is 1340. The first-order valence-corrected chi connectivity index (χ1v) is 11.3. The van der Waals surface area contributed by atoms with Gasteiger partial charge in [0.1, 0.15) is 11.1 Å². The number of carbonyl (C=O) groups excluding carboxylic acids is 1. The number of ether oxygens (including phenoxy) is 2. The van der Waals surface area contributed by atoms with Crippen LogP contribution in [0.15, 0.2) is 84.2 Å². The summed E-state index contributed by atoms with van der Waals surface area (Å²) in [7, 11) is 1.53. The average molecular weight is 468 g/mol. The van der Waals surface area contributed by atoms with E-state index in [1.54, 1.807) is 36.4 Å². The van der Waals surface area contributed by atoms with E-state index >= 15 is 0 Å². The molecule has 0 unspecified atom stereocenters. The van der Waals surface area contributed by atoms with Crippen molar-refractivity contribution in [1.82, 2.24) is 4.98 Å². The molecule has 1 heterocycles. The summed E-state index contributed by atoms with van der Waals surface area (Å²) in [6, 6.07) is 26.5. The Morgan fingerprint density at radius 1 is 1.06 bits per heavy atom.